The Morgan fingerprint density at radius 2 is 2.00 bits per heavy atom. The van der Waals surface area contributed by atoms with Crippen LogP contribution in [0.1, 0.15) is 26.3 Å². The van der Waals surface area contributed by atoms with Gasteiger partial charge < -0.3 is 10.1 Å². The summed E-state index contributed by atoms with van der Waals surface area (Å²) >= 11 is 9.40. The van der Waals surface area contributed by atoms with Gasteiger partial charge in [-0.05, 0) is 61.0 Å². The number of halogens is 2. The highest BCUT2D eigenvalue weighted by atomic mass is 79.9. The van der Waals surface area contributed by atoms with Crippen molar-refractivity contribution in [1.29, 1.82) is 0 Å². The second-order valence-electron chi connectivity index (χ2n) is 5.76. The molecule has 0 aliphatic rings. The first-order valence-electron chi connectivity index (χ1n) is 6.66. The van der Waals surface area contributed by atoms with E-state index < -0.39 is 0 Å². The molecule has 0 atom stereocenters. The minimum Gasteiger partial charge on any atom is -0.456 e. The van der Waals surface area contributed by atoms with Crippen molar-refractivity contribution in [3.05, 3.63) is 51.7 Å². The van der Waals surface area contributed by atoms with E-state index in [1.807, 2.05) is 24.4 Å². The highest BCUT2D eigenvalue weighted by Gasteiger charge is 2.12. The molecule has 0 aliphatic heterocycles. The van der Waals surface area contributed by atoms with Crippen LogP contribution in [0, 0.1) is 0 Å². The molecule has 2 aromatic rings. The smallest absolute Gasteiger partial charge is 0.141 e. The van der Waals surface area contributed by atoms with Gasteiger partial charge in [0, 0.05) is 35.1 Å². The third-order valence-electron chi connectivity index (χ3n) is 2.78. The van der Waals surface area contributed by atoms with Crippen molar-refractivity contribution in [2.24, 2.45) is 0 Å². The molecule has 0 radical (unpaired) electrons. The Bertz CT molecular complexity index is 626. The van der Waals surface area contributed by atoms with Crippen LogP contribution in [0.4, 0.5) is 0 Å². The zero-order valence-electron chi connectivity index (χ0n) is 12.3. The minimum atomic E-state index is 0.0357. The molecule has 5 heteroatoms. The Kier molecular flexibility index (Phi) is 5.25. The molecule has 0 spiro atoms. The first-order chi connectivity index (χ1) is 9.85. The predicted molar refractivity (Wildman–Crippen MR) is 90.1 cm³/mol. The van der Waals surface area contributed by atoms with Crippen molar-refractivity contribution < 1.29 is 4.74 Å². The molecular formula is C16H18BrClN2O. The minimum absolute atomic E-state index is 0.0357. The Hall–Kier alpha value is -1.10. The van der Waals surface area contributed by atoms with Gasteiger partial charge in [-0.2, -0.15) is 0 Å². The van der Waals surface area contributed by atoms with Gasteiger partial charge in [0.15, 0.2) is 0 Å². The van der Waals surface area contributed by atoms with Crippen LogP contribution in [-0.2, 0) is 6.54 Å². The highest BCUT2D eigenvalue weighted by molar-refractivity contribution is 9.10. The Morgan fingerprint density at radius 3 is 2.67 bits per heavy atom. The van der Waals surface area contributed by atoms with Crippen LogP contribution >= 0.6 is 27.5 Å². The largest absolute Gasteiger partial charge is 0.456 e. The molecule has 1 aromatic heterocycles. The van der Waals surface area contributed by atoms with Gasteiger partial charge in [0.25, 0.3) is 0 Å². The molecule has 21 heavy (non-hydrogen) atoms. The molecular weight excluding hydrogens is 352 g/mol. The van der Waals surface area contributed by atoms with Gasteiger partial charge in [-0.25, -0.2) is 0 Å². The highest BCUT2D eigenvalue weighted by Crippen LogP contribution is 2.33. The van der Waals surface area contributed by atoms with Crippen LogP contribution in [0.5, 0.6) is 11.5 Å². The van der Waals surface area contributed by atoms with Crippen molar-refractivity contribution >= 4 is 27.5 Å². The van der Waals surface area contributed by atoms with E-state index in [0.29, 0.717) is 11.6 Å². The molecule has 0 saturated carbocycles. The van der Waals surface area contributed by atoms with E-state index >= 15 is 0 Å². The monoisotopic (exact) mass is 368 g/mol. The average molecular weight is 370 g/mol. The summed E-state index contributed by atoms with van der Waals surface area (Å²) in [6.07, 6.45) is 3.54. The van der Waals surface area contributed by atoms with Gasteiger partial charge >= 0.3 is 0 Å². The number of ether oxygens (including phenoxy) is 1. The summed E-state index contributed by atoms with van der Waals surface area (Å²) in [5.41, 5.74) is 1.04. The number of aromatic nitrogens is 1. The summed E-state index contributed by atoms with van der Waals surface area (Å²) in [6, 6.07) is 7.32. The molecule has 0 unspecified atom stereocenters. The van der Waals surface area contributed by atoms with Gasteiger partial charge in [-0.1, -0.05) is 11.6 Å². The lowest BCUT2D eigenvalue weighted by Gasteiger charge is -2.21. The second-order valence-corrected chi connectivity index (χ2v) is 7.05. The third-order valence-corrected chi connectivity index (χ3v) is 3.64. The number of hydrogen-bond acceptors (Lipinski definition) is 3. The van der Waals surface area contributed by atoms with Crippen LogP contribution in [0.25, 0.3) is 0 Å². The number of rotatable bonds is 4. The van der Waals surface area contributed by atoms with E-state index in [9.17, 15) is 0 Å². The molecule has 0 saturated heterocycles. The van der Waals surface area contributed by atoms with Crippen molar-refractivity contribution in [2.75, 3.05) is 0 Å². The van der Waals surface area contributed by atoms with Crippen LogP contribution < -0.4 is 10.1 Å². The quantitative estimate of drug-likeness (QED) is 0.806. The normalized spacial score (nSPS) is 11.5. The summed E-state index contributed by atoms with van der Waals surface area (Å²) in [6.45, 7) is 7.07. The van der Waals surface area contributed by atoms with Crippen LogP contribution in [0.2, 0.25) is 5.02 Å². The van der Waals surface area contributed by atoms with Crippen molar-refractivity contribution in [2.45, 2.75) is 32.9 Å². The molecule has 1 N–H and O–H groups in total. The number of nitrogens with one attached hydrogen (secondary N) is 1. The number of benzene rings is 1. The lowest BCUT2D eigenvalue weighted by molar-refractivity contribution is 0.413. The Morgan fingerprint density at radius 1 is 1.24 bits per heavy atom. The van der Waals surface area contributed by atoms with Gasteiger partial charge in [-0.3, -0.25) is 4.98 Å². The molecule has 0 bridgehead atoms. The lowest BCUT2D eigenvalue weighted by Crippen LogP contribution is -2.35. The van der Waals surface area contributed by atoms with E-state index in [-0.39, 0.29) is 5.54 Å². The first-order valence-corrected chi connectivity index (χ1v) is 7.83. The number of nitrogens with zero attached hydrogens (tertiary/aromatic N) is 1. The SMILES string of the molecule is CC(C)(C)NCc1cnccc1Oc1ccc(Cl)cc1Br. The van der Waals surface area contributed by atoms with Gasteiger partial charge in [0.1, 0.15) is 11.5 Å². The summed E-state index contributed by atoms with van der Waals surface area (Å²) in [4.78, 5) is 4.17. The standard InChI is InChI=1S/C16H18BrClN2O/c1-16(2,3)20-10-11-9-19-7-6-14(11)21-15-5-4-12(18)8-13(15)17/h4-9,20H,10H2,1-3H3. The fourth-order valence-corrected chi connectivity index (χ4v) is 2.45. The summed E-state index contributed by atoms with van der Waals surface area (Å²) in [5, 5.41) is 4.10. The second kappa shape index (κ2) is 6.77. The average Bonchev–Trinajstić information content (AvgIpc) is 2.40. The topological polar surface area (TPSA) is 34.2 Å². The molecule has 0 aliphatic carbocycles. The fraction of sp³-hybridized carbons (Fsp3) is 0.312. The van der Waals surface area contributed by atoms with Crippen LogP contribution in [0.3, 0.4) is 0 Å². The molecule has 1 heterocycles. The molecule has 1 aromatic carbocycles. The maximum absolute atomic E-state index is 5.97. The summed E-state index contributed by atoms with van der Waals surface area (Å²) in [5.74, 6) is 1.51. The molecule has 3 nitrogen and oxygen atoms in total. The predicted octanol–water partition coefficient (Wildman–Crippen LogP) is 5.18. The number of hydrogen-bond donors (Lipinski definition) is 1. The molecule has 0 fully saturated rings. The zero-order valence-corrected chi connectivity index (χ0v) is 14.6. The van der Waals surface area contributed by atoms with E-state index in [1.54, 1.807) is 12.3 Å². The van der Waals surface area contributed by atoms with E-state index in [0.717, 1.165) is 21.5 Å². The van der Waals surface area contributed by atoms with Crippen LogP contribution in [-0.4, -0.2) is 10.5 Å². The van der Waals surface area contributed by atoms with Crippen molar-refractivity contribution in [3.8, 4) is 11.5 Å². The first kappa shape index (κ1) is 16.3. The Balaban J connectivity index is 2.20. The number of pyridine rings is 1. The van der Waals surface area contributed by atoms with E-state index in [2.05, 4.69) is 47.0 Å². The van der Waals surface area contributed by atoms with Gasteiger partial charge in [-0.15, -0.1) is 0 Å². The summed E-state index contributed by atoms with van der Waals surface area (Å²) < 4.78 is 6.80. The molecule has 112 valence electrons. The maximum atomic E-state index is 5.97. The third kappa shape index (κ3) is 4.99. The van der Waals surface area contributed by atoms with Crippen molar-refractivity contribution in [3.63, 3.8) is 0 Å². The zero-order chi connectivity index (χ0) is 15.5. The van der Waals surface area contributed by atoms with E-state index in [4.69, 9.17) is 16.3 Å². The van der Waals surface area contributed by atoms with Crippen molar-refractivity contribution in [1.82, 2.24) is 10.3 Å². The van der Waals surface area contributed by atoms with Crippen LogP contribution in [0.15, 0.2) is 41.1 Å². The van der Waals surface area contributed by atoms with Gasteiger partial charge in [0.2, 0.25) is 0 Å². The molecule has 0 amide bonds. The van der Waals surface area contributed by atoms with Gasteiger partial charge in [0.05, 0.1) is 4.47 Å². The summed E-state index contributed by atoms with van der Waals surface area (Å²) in [7, 11) is 0. The Labute approximate surface area is 138 Å². The molecule has 2 rings (SSSR count). The van der Waals surface area contributed by atoms with E-state index in [1.165, 1.54) is 0 Å². The lowest BCUT2D eigenvalue weighted by atomic mass is 10.1. The fourth-order valence-electron chi connectivity index (χ4n) is 1.68. The maximum Gasteiger partial charge on any atom is 0.141 e.